The third-order valence-electron chi connectivity index (χ3n) is 3.56. The fraction of sp³-hybridized carbons (Fsp3) is 0.667. The lowest BCUT2D eigenvalue weighted by Crippen LogP contribution is -2.33. The number of rotatable bonds is 4. The Morgan fingerprint density at radius 3 is 3.05 bits per heavy atom. The van der Waals surface area contributed by atoms with Crippen molar-refractivity contribution < 1.29 is 4.52 Å². The van der Waals surface area contributed by atoms with Gasteiger partial charge in [0.1, 0.15) is 12.2 Å². The monoisotopic (exact) mass is 277 g/mol. The molecular weight excluding hydrogens is 258 g/mol. The number of likely N-dealkylation sites (tertiary alicyclic amines) is 1. The van der Waals surface area contributed by atoms with E-state index in [0.29, 0.717) is 18.4 Å². The molecule has 1 fully saturated rings. The molecule has 1 N–H and O–H groups in total. The molecule has 8 heteroatoms. The third kappa shape index (κ3) is 2.64. The van der Waals surface area contributed by atoms with Crippen molar-refractivity contribution in [2.24, 2.45) is 0 Å². The lowest BCUT2D eigenvalue weighted by molar-refractivity contribution is 0.118. The first-order chi connectivity index (χ1) is 9.74. The highest BCUT2D eigenvalue weighted by atomic mass is 16.5. The number of hydrogen-bond donors (Lipinski definition) is 1. The molecule has 8 nitrogen and oxygen atoms in total. The number of anilines is 1. The molecule has 0 spiro atoms. The summed E-state index contributed by atoms with van der Waals surface area (Å²) in [6.07, 6.45) is 5.01. The van der Waals surface area contributed by atoms with Gasteiger partial charge in [0.15, 0.2) is 0 Å². The van der Waals surface area contributed by atoms with E-state index < -0.39 is 0 Å². The molecule has 2 aromatic heterocycles. The number of aromatic nitrogens is 5. The quantitative estimate of drug-likeness (QED) is 0.891. The van der Waals surface area contributed by atoms with E-state index in [1.807, 2.05) is 19.0 Å². The number of nitrogens with zero attached hydrogens (tertiary/aromatic N) is 6. The molecule has 2 aromatic rings. The number of piperidine rings is 1. The standard InChI is InChI=1S/C12H19N7O/c1-18(2)12-15-10(20-17-12)7-19-6-4-3-5-9(19)11-13-8-14-16-11/h8-9H,3-7H2,1-2H3,(H,13,14,16). The molecule has 1 aliphatic heterocycles. The molecule has 3 heterocycles. The number of nitrogens with one attached hydrogen (secondary N) is 1. The van der Waals surface area contributed by atoms with Crippen molar-refractivity contribution in [1.82, 2.24) is 30.2 Å². The van der Waals surface area contributed by atoms with Crippen molar-refractivity contribution in [3.8, 4) is 0 Å². The van der Waals surface area contributed by atoms with Crippen LogP contribution in [-0.4, -0.2) is 50.9 Å². The van der Waals surface area contributed by atoms with Crippen LogP contribution >= 0.6 is 0 Å². The van der Waals surface area contributed by atoms with Gasteiger partial charge in [-0.3, -0.25) is 10.00 Å². The first kappa shape index (κ1) is 13.0. The van der Waals surface area contributed by atoms with Gasteiger partial charge in [0.25, 0.3) is 5.95 Å². The van der Waals surface area contributed by atoms with Crippen LogP contribution in [0.2, 0.25) is 0 Å². The van der Waals surface area contributed by atoms with Gasteiger partial charge in [-0.15, -0.1) is 0 Å². The van der Waals surface area contributed by atoms with Crippen LogP contribution in [0.1, 0.15) is 37.0 Å². The molecule has 1 atom stereocenters. The highest BCUT2D eigenvalue weighted by molar-refractivity contribution is 5.23. The van der Waals surface area contributed by atoms with E-state index in [2.05, 4.69) is 30.2 Å². The van der Waals surface area contributed by atoms with Crippen molar-refractivity contribution in [2.45, 2.75) is 31.8 Å². The van der Waals surface area contributed by atoms with Gasteiger partial charge in [-0.05, 0) is 24.5 Å². The van der Waals surface area contributed by atoms with Gasteiger partial charge < -0.3 is 9.42 Å². The zero-order chi connectivity index (χ0) is 13.9. The van der Waals surface area contributed by atoms with Crippen LogP contribution in [-0.2, 0) is 6.54 Å². The average molecular weight is 277 g/mol. The van der Waals surface area contributed by atoms with Crippen LogP contribution in [0.25, 0.3) is 0 Å². The van der Waals surface area contributed by atoms with Crippen LogP contribution in [0, 0.1) is 0 Å². The van der Waals surface area contributed by atoms with E-state index in [-0.39, 0.29) is 6.04 Å². The van der Waals surface area contributed by atoms with Crippen LogP contribution in [0.15, 0.2) is 10.9 Å². The lowest BCUT2D eigenvalue weighted by Gasteiger charge is -2.32. The summed E-state index contributed by atoms with van der Waals surface area (Å²) in [6, 6.07) is 0.251. The number of hydrogen-bond acceptors (Lipinski definition) is 7. The fourth-order valence-electron chi connectivity index (χ4n) is 2.53. The molecule has 3 rings (SSSR count). The van der Waals surface area contributed by atoms with Crippen molar-refractivity contribution in [1.29, 1.82) is 0 Å². The predicted octanol–water partition coefficient (Wildman–Crippen LogP) is 0.981. The Morgan fingerprint density at radius 2 is 2.35 bits per heavy atom. The Labute approximate surface area is 117 Å². The van der Waals surface area contributed by atoms with Crippen molar-refractivity contribution in [3.05, 3.63) is 18.0 Å². The van der Waals surface area contributed by atoms with Crippen molar-refractivity contribution in [3.63, 3.8) is 0 Å². The van der Waals surface area contributed by atoms with E-state index in [0.717, 1.165) is 18.8 Å². The van der Waals surface area contributed by atoms with E-state index in [1.54, 1.807) is 6.33 Å². The van der Waals surface area contributed by atoms with Gasteiger partial charge in [-0.25, -0.2) is 4.98 Å². The molecule has 0 aliphatic carbocycles. The van der Waals surface area contributed by atoms with E-state index in [1.165, 1.54) is 12.8 Å². The molecule has 1 saturated heterocycles. The molecule has 0 radical (unpaired) electrons. The smallest absolute Gasteiger partial charge is 0.265 e. The summed E-state index contributed by atoms with van der Waals surface area (Å²) in [5, 5.41) is 10.9. The van der Waals surface area contributed by atoms with E-state index >= 15 is 0 Å². The molecule has 1 aliphatic rings. The SMILES string of the molecule is CN(C)c1noc(CN2CCCCC2c2ncn[nH]2)n1. The first-order valence-corrected chi connectivity index (χ1v) is 6.83. The second-order valence-electron chi connectivity index (χ2n) is 5.24. The van der Waals surface area contributed by atoms with Gasteiger partial charge in [0, 0.05) is 14.1 Å². The zero-order valence-electron chi connectivity index (χ0n) is 11.8. The summed E-state index contributed by atoms with van der Waals surface area (Å²) < 4.78 is 5.30. The maximum Gasteiger partial charge on any atom is 0.265 e. The van der Waals surface area contributed by atoms with Gasteiger partial charge in [0.05, 0.1) is 12.6 Å². The molecule has 20 heavy (non-hydrogen) atoms. The fourth-order valence-corrected chi connectivity index (χ4v) is 2.53. The summed E-state index contributed by atoms with van der Waals surface area (Å²) in [6.45, 7) is 1.65. The normalized spacial score (nSPS) is 20.2. The Hall–Kier alpha value is -1.96. The Bertz CT molecular complexity index is 536. The second kappa shape index (κ2) is 5.58. The summed E-state index contributed by atoms with van der Waals surface area (Å²) >= 11 is 0. The van der Waals surface area contributed by atoms with E-state index in [9.17, 15) is 0 Å². The molecule has 0 amide bonds. The Morgan fingerprint density at radius 1 is 1.45 bits per heavy atom. The maximum atomic E-state index is 5.30. The topological polar surface area (TPSA) is 87.0 Å². The van der Waals surface area contributed by atoms with Crippen LogP contribution in [0.4, 0.5) is 5.95 Å². The Kier molecular flexibility index (Phi) is 3.64. The number of aromatic amines is 1. The second-order valence-corrected chi connectivity index (χ2v) is 5.24. The highest BCUT2D eigenvalue weighted by Gasteiger charge is 2.27. The molecule has 0 bridgehead atoms. The largest absolute Gasteiger partial charge is 0.344 e. The Balaban J connectivity index is 1.73. The van der Waals surface area contributed by atoms with Crippen LogP contribution in [0.3, 0.4) is 0 Å². The van der Waals surface area contributed by atoms with Gasteiger partial charge in [-0.2, -0.15) is 10.1 Å². The van der Waals surface area contributed by atoms with Crippen LogP contribution in [0.5, 0.6) is 0 Å². The van der Waals surface area contributed by atoms with Gasteiger partial charge >= 0.3 is 0 Å². The first-order valence-electron chi connectivity index (χ1n) is 6.83. The molecule has 1 unspecified atom stereocenters. The summed E-state index contributed by atoms with van der Waals surface area (Å²) in [5.41, 5.74) is 0. The molecule has 0 aromatic carbocycles. The van der Waals surface area contributed by atoms with E-state index in [4.69, 9.17) is 4.52 Å². The highest BCUT2D eigenvalue weighted by Crippen LogP contribution is 2.29. The summed E-state index contributed by atoms with van der Waals surface area (Å²) in [4.78, 5) is 12.8. The van der Waals surface area contributed by atoms with Gasteiger partial charge in [-0.1, -0.05) is 6.42 Å². The predicted molar refractivity (Wildman–Crippen MR) is 72.0 cm³/mol. The van der Waals surface area contributed by atoms with Gasteiger partial charge in [0.2, 0.25) is 5.89 Å². The third-order valence-corrected chi connectivity index (χ3v) is 3.56. The minimum absolute atomic E-state index is 0.251. The minimum atomic E-state index is 0.251. The molecular formula is C12H19N7O. The molecule has 108 valence electrons. The summed E-state index contributed by atoms with van der Waals surface area (Å²) in [7, 11) is 3.79. The maximum absolute atomic E-state index is 5.30. The minimum Gasteiger partial charge on any atom is -0.344 e. The van der Waals surface area contributed by atoms with Crippen molar-refractivity contribution >= 4 is 5.95 Å². The summed E-state index contributed by atoms with van der Waals surface area (Å²) in [5.74, 6) is 2.16. The average Bonchev–Trinajstić information content (AvgIpc) is 3.10. The van der Waals surface area contributed by atoms with Crippen LogP contribution < -0.4 is 4.90 Å². The molecule has 0 saturated carbocycles. The number of H-pyrrole nitrogens is 1. The lowest BCUT2D eigenvalue weighted by atomic mass is 10.0. The zero-order valence-corrected chi connectivity index (χ0v) is 11.8. The van der Waals surface area contributed by atoms with Crippen molar-refractivity contribution in [2.75, 3.05) is 25.5 Å².